The highest BCUT2D eigenvalue weighted by molar-refractivity contribution is 5.91. The maximum absolute atomic E-state index is 12.5. The highest BCUT2D eigenvalue weighted by Gasteiger charge is 2.16. The lowest BCUT2D eigenvalue weighted by Gasteiger charge is -2.17. The molecule has 9 heteroatoms. The van der Waals surface area contributed by atoms with Gasteiger partial charge in [0.15, 0.2) is 13.4 Å². The summed E-state index contributed by atoms with van der Waals surface area (Å²) >= 11 is 0. The van der Waals surface area contributed by atoms with Crippen molar-refractivity contribution in [2.75, 3.05) is 40.8 Å². The smallest absolute Gasteiger partial charge is 0.343 e. The van der Waals surface area contributed by atoms with Crippen LogP contribution in [0.3, 0.4) is 0 Å². The first kappa shape index (κ1) is 27.5. The van der Waals surface area contributed by atoms with E-state index < -0.39 is 5.97 Å². The quantitative estimate of drug-likeness (QED) is 0.150. The maximum atomic E-state index is 12.5. The number of ether oxygens (including phenoxy) is 6. The predicted molar refractivity (Wildman–Crippen MR) is 134 cm³/mol. The van der Waals surface area contributed by atoms with E-state index in [0.717, 1.165) is 5.56 Å². The number of methoxy groups -OCH3 is 2. The van der Waals surface area contributed by atoms with E-state index in [0.29, 0.717) is 59.3 Å². The molecule has 37 heavy (non-hydrogen) atoms. The summed E-state index contributed by atoms with van der Waals surface area (Å²) in [6.45, 7) is 0.363. The summed E-state index contributed by atoms with van der Waals surface area (Å²) in [4.78, 5) is 12.5. The molecule has 0 heterocycles. The van der Waals surface area contributed by atoms with Crippen LogP contribution >= 0.6 is 0 Å². The van der Waals surface area contributed by atoms with Gasteiger partial charge in [-0.25, -0.2) is 4.79 Å². The minimum Gasteiger partial charge on any atom is -0.496 e. The molecule has 0 saturated heterocycles. The molecule has 194 valence electrons. The second kappa shape index (κ2) is 14.5. The molecule has 0 radical (unpaired) electrons. The Morgan fingerprint density at radius 1 is 0.892 bits per heavy atom. The molecule has 0 amide bonds. The molecule has 3 aromatic rings. The van der Waals surface area contributed by atoms with Gasteiger partial charge in [-0.2, -0.15) is 5.26 Å². The molecule has 0 bridgehead atoms. The van der Waals surface area contributed by atoms with E-state index in [2.05, 4.69) is 0 Å². The van der Waals surface area contributed by atoms with Gasteiger partial charge in [0, 0.05) is 30.2 Å². The van der Waals surface area contributed by atoms with Gasteiger partial charge >= 0.3 is 5.97 Å². The van der Waals surface area contributed by atoms with Crippen molar-refractivity contribution < 1.29 is 38.3 Å². The number of carbonyl (C=O) groups excluding carboxylic acids is 1. The van der Waals surface area contributed by atoms with Crippen molar-refractivity contribution in [1.82, 2.24) is 0 Å². The van der Waals surface area contributed by atoms with Crippen LogP contribution in [0, 0.1) is 11.3 Å². The number of hydrogen-bond acceptors (Lipinski definition) is 9. The summed E-state index contributed by atoms with van der Waals surface area (Å²) in [5.41, 5.74) is 2.33. The van der Waals surface area contributed by atoms with Crippen LogP contribution in [0.1, 0.15) is 27.0 Å². The van der Waals surface area contributed by atoms with Gasteiger partial charge in [-0.05, 0) is 42.5 Å². The van der Waals surface area contributed by atoms with Gasteiger partial charge in [0.05, 0.1) is 32.5 Å². The highest BCUT2D eigenvalue weighted by Crippen LogP contribution is 2.34. The molecular weight excluding hydrogens is 478 g/mol. The lowest BCUT2D eigenvalue weighted by Crippen LogP contribution is -2.10. The summed E-state index contributed by atoms with van der Waals surface area (Å²) < 4.78 is 32.8. The Kier molecular flexibility index (Phi) is 10.7. The van der Waals surface area contributed by atoms with Crippen LogP contribution in [-0.2, 0) is 22.5 Å². The van der Waals surface area contributed by atoms with Gasteiger partial charge in [0.25, 0.3) is 0 Å². The van der Waals surface area contributed by atoms with E-state index in [1.807, 2.05) is 12.1 Å². The fraction of sp³-hybridized carbons (Fsp3) is 0.286. The molecular formula is C28H29NO8. The normalized spacial score (nSPS) is 10.4. The minimum absolute atomic E-state index is 0.0242. The molecule has 3 rings (SSSR count). The molecule has 0 unspecified atom stereocenters. The summed E-state index contributed by atoms with van der Waals surface area (Å²) in [7, 11) is 3.11. The molecule has 3 aromatic carbocycles. The fourth-order valence-corrected chi connectivity index (χ4v) is 3.49. The molecule has 9 nitrogen and oxygen atoms in total. The summed E-state index contributed by atoms with van der Waals surface area (Å²) in [5.74, 6) is 1.24. The van der Waals surface area contributed by atoms with Crippen molar-refractivity contribution in [2.24, 2.45) is 0 Å². The number of rotatable bonds is 14. The first-order valence-corrected chi connectivity index (χ1v) is 11.5. The van der Waals surface area contributed by atoms with Crippen molar-refractivity contribution in [2.45, 2.75) is 13.0 Å². The second-order valence-corrected chi connectivity index (χ2v) is 7.74. The summed E-state index contributed by atoms with van der Waals surface area (Å²) in [6.07, 6.45) is 0.299. The minimum atomic E-state index is -0.494. The second-order valence-electron chi connectivity index (χ2n) is 7.74. The van der Waals surface area contributed by atoms with Crippen LogP contribution in [0.15, 0.2) is 60.7 Å². The Hall–Kier alpha value is -4.10. The number of carbonyl (C=O) groups is 1. The van der Waals surface area contributed by atoms with Crippen molar-refractivity contribution in [3.05, 3.63) is 82.9 Å². The summed E-state index contributed by atoms with van der Waals surface area (Å²) in [5, 5.41) is 18.8. The average Bonchev–Trinajstić information content (AvgIpc) is 2.93. The number of esters is 1. The zero-order valence-corrected chi connectivity index (χ0v) is 20.8. The van der Waals surface area contributed by atoms with Gasteiger partial charge in [-0.15, -0.1) is 0 Å². The van der Waals surface area contributed by atoms with Crippen LogP contribution in [0.5, 0.6) is 23.0 Å². The van der Waals surface area contributed by atoms with Crippen molar-refractivity contribution in [1.29, 1.82) is 5.26 Å². The molecule has 0 aliphatic rings. The van der Waals surface area contributed by atoms with E-state index in [1.54, 1.807) is 61.7 Å². The lowest BCUT2D eigenvalue weighted by molar-refractivity contribution is -0.00932. The number of nitriles is 1. The zero-order valence-electron chi connectivity index (χ0n) is 20.8. The zero-order chi connectivity index (χ0) is 26.5. The largest absolute Gasteiger partial charge is 0.496 e. The van der Waals surface area contributed by atoms with E-state index >= 15 is 0 Å². The first-order chi connectivity index (χ1) is 18.1. The molecule has 0 fully saturated rings. The SMILES string of the molecule is COCCOCOc1cc(Cc2cc(OC(=O)c3ccccc3)ccc2OCC#N)c(OC)cc1CO. The Morgan fingerprint density at radius 3 is 2.35 bits per heavy atom. The topological polar surface area (TPSA) is 116 Å². The molecule has 0 atom stereocenters. The van der Waals surface area contributed by atoms with Crippen LogP contribution in [0.2, 0.25) is 0 Å². The number of aliphatic hydroxyl groups excluding tert-OH is 1. The van der Waals surface area contributed by atoms with Crippen LogP contribution in [-0.4, -0.2) is 51.9 Å². The Bertz CT molecular complexity index is 1210. The number of aliphatic hydroxyl groups is 1. The predicted octanol–water partition coefficient (Wildman–Crippen LogP) is 3.90. The molecule has 0 spiro atoms. The number of hydrogen-bond donors (Lipinski definition) is 1. The van der Waals surface area contributed by atoms with E-state index in [-0.39, 0.29) is 20.0 Å². The summed E-state index contributed by atoms with van der Waals surface area (Å²) in [6, 6.07) is 19.0. The fourth-order valence-electron chi connectivity index (χ4n) is 3.49. The van der Waals surface area contributed by atoms with Gasteiger partial charge < -0.3 is 33.5 Å². The molecule has 0 aromatic heterocycles. The van der Waals surface area contributed by atoms with Crippen LogP contribution in [0.4, 0.5) is 0 Å². The monoisotopic (exact) mass is 507 g/mol. The van der Waals surface area contributed by atoms with Crippen molar-refractivity contribution in [3.63, 3.8) is 0 Å². The van der Waals surface area contributed by atoms with Crippen molar-refractivity contribution >= 4 is 5.97 Å². The average molecular weight is 508 g/mol. The molecule has 0 saturated carbocycles. The van der Waals surface area contributed by atoms with Crippen LogP contribution < -0.4 is 18.9 Å². The number of nitrogens with zero attached hydrogens (tertiary/aromatic N) is 1. The Balaban J connectivity index is 1.89. The first-order valence-electron chi connectivity index (χ1n) is 11.5. The van der Waals surface area contributed by atoms with E-state index in [1.165, 1.54) is 7.11 Å². The lowest BCUT2D eigenvalue weighted by atomic mass is 10.0. The number of benzene rings is 3. The molecule has 0 aliphatic carbocycles. The van der Waals surface area contributed by atoms with Gasteiger partial charge in [-0.3, -0.25) is 0 Å². The van der Waals surface area contributed by atoms with E-state index in [4.69, 9.17) is 33.7 Å². The van der Waals surface area contributed by atoms with Gasteiger partial charge in [-0.1, -0.05) is 18.2 Å². The standard InChI is InChI=1S/C28H29NO8/c1-32-12-13-34-19-36-27-16-22(26(33-2)17-23(27)18-30)14-21-15-24(8-9-25(21)35-11-10-29)37-28(31)20-6-4-3-5-7-20/h3-9,15-17,30H,11-14,18-19H2,1-2H3. The molecule has 0 aliphatic heterocycles. The van der Waals surface area contributed by atoms with Gasteiger partial charge in [0.2, 0.25) is 0 Å². The third kappa shape index (κ3) is 7.95. The highest BCUT2D eigenvalue weighted by atomic mass is 16.7. The Morgan fingerprint density at radius 2 is 1.65 bits per heavy atom. The Labute approximate surface area is 215 Å². The third-order valence-electron chi connectivity index (χ3n) is 5.29. The maximum Gasteiger partial charge on any atom is 0.343 e. The van der Waals surface area contributed by atoms with Crippen LogP contribution in [0.25, 0.3) is 0 Å². The van der Waals surface area contributed by atoms with Crippen molar-refractivity contribution in [3.8, 4) is 29.1 Å². The van der Waals surface area contributed by atoms with E-state index in [9.17, 15) is 9.90 Å². The van der Waals surface area contributed by atoms with Gasteiger partial charge in [0.1, 0.15) is 29.1 Å². The third-order valence-corrected chi connectivity index (χ3v) is 5.29. The molecule has 1 N–H and O–H groups in total.